The van der Waals surface area contributed by atoms with E-state index in [0.29, 0.717) is 59.5 Å². The van der Waals surface area contributed by atoms with Gasteiger partial charge in [0.2, 0.25) is 0 Å². The lowest BCUT2D eigenvalue weighted by molar-refractivity contribution is 0.0686. The van der Waals surface area contributed by atoms with Crippen molar-refractivity contribution in [2.45, 2.75) is 11.8 Å². The van der Waals surface area contributed by atoms with Gasteiger partial charge < -0.3 is 40.2 Å². The molecule has 2 heterocycles. The SMILES string of the molecule is CS(=O)(=O)c1cc(Br)ccc1C(=O)Cl.Cc1cc(Br)ccc1C(=O)Nc1cc2c(cc1C(=O)O)OCCO2.Nc1cc2c(cc1C(=O)O)OCCO2.O=S=O. The molecule has 0 unspecified atom stereocenters. The van der Waals surface area contributed by atoms with E-state index in [1.807, 2.05) is 13.0 Å². The van der Waals surface area contributed by atoms with Crippen LogP contribution in [0.4, 0.5) is 11.4 Å². The molecule has 16 nitrogen and oxygen atoms in total. The zero-order valence-corrected chi connectivity index (χ0v) is 34.0. The quantitative estimate of drug-likeness (QED) is 0.132. The molecule has 0 fully saturated rings. The van der Waals surface area contributed by atoms with Gasteiger partial charge >= 0.3 is 23.5 Å². The van der Waals surface area contributed by atoms with Gasteiger partial charge in [-0.3, -0.25) is 9.59 Å². The van der Waals surface area contributed by atoms with Gasteiger partial charge in [0.1, 0.15) is 26.4 Å². The van der Waals surface area contributed by atoms with Gasteiger partial charge in [-0.25, -0.2) is 18.0 Å². The molecule has 0 saturated carbocycles. The third-order valence-corrected chi connectivity index (χ3v) is 9.42. The summed E-state index contributed by atoms with van der Waals surface area (Å²) in [7, 11) is -3.44. The largest absolute Gasteiger partial charge is 0.486 e. The number of halogens is 3. The average molecular weight is 949 g/mol. The lowest BCUT2D eigenvalue weighted by atomic mass is 10.1. The van der Waals surface area contributed by atoms with E-state index in [4.69, 9.17) is 49.8 Å². The van der Waals surface area contributed by atoms with Gasteiger partial charge in [0.05, 0.1) is 33.0 Å². The highest BCUT2D eigenvalue weighted by molar-refractivity contribution is 9.10. The van der Waals surface area contributed by atoms with Crippen molar-refractivity contribution >= 4 is 99.3 Å². The van der Waals surface area contributed by atoms with Crippen molar-refractivity contribution in [1.82, 2.24) is 0 Å². The Hall–Kier alpha value is -5.02. The van der Waals surface area contributed by atoms with Crippen molar-refractivity contribution in [2.75, 3.05) is 43.7 Å². The highest BCUT2D eigenvalue weighted by atomic mass is 79.9. The number of aromatic carboxylic acids is 2. The van der Waals surface area contributed by atoms with Gasteiger partial charge in [0, 0.05) is 45.0 Å². The smallest absolute Gasteiger partial charge is 0.337 e. The molecule has 0 aromatic heterocycles. The van der Waals surface area contributed by atoms with E-state index in [-0.39, 0.29) is 38.9 Å². The first-order valence-electron chi connectivity index (χ1n) is 15.2. The van der Waals surface area contributed by atoms with Crippen molar-refractivity contribution in [2.24, 2.45) is 0 Å². The van der Waals surface area contributed by atoms with Crippen LogP contribution < -0.4 is 30.0 Å². The molecule has 0 atom stereocenters. The van der Waals surface area contributed by atoms with Crippen LogP contribution in [0.25, 0.3) is 0 Å². The number of aryl methyl sites for hydroxylation is 1. The minimum absolute atomic E-state index is 0.00244. The van der Waals surface area contributed by atoms with E-state index in [2.05, 4.69) is 37.2 Å². The summed E-state index contributed by atoms with van der Waals surface area (Å²) in [6.07, 6.45) is 1.03. The predicted octanol–water partition coefficient (Wildman–Crippen LogP) is 5.78. The summed E-state index contributed by atoms with van der Waals surface area (Å²) in [4.78, 5) is 45.6. The van der Waals surface area contributed by atoms with Gasteiger partial charge in [-0.1, -0.05) is 31.9 Å². The van der Waals surface area contributed by atoms with Crippen molar-refractivity contribution < 1.29 is 65.2 Å². The fraction of sp³-hybridized carbons (Fsp3) is 0.176. The van der Waals surface area contributed by atoms with Crippen LogP contribution in [0.1, 0.15) is 47.0 Å². The third-order valence-electron chi connectivity index (χ3n) is 7.09. The summed E-state index contributed by atoms with van der Waals surface area (Å²) < 4.78 is 61.9. The van der Waals surface area contributed by atoms with Crippen LogP contribution in [-0.4, -0.2) is 82.8 Å². The fourth-order valence-electron chi connectivity index (χ4n) is 4.70. The van der Waals surface area contributed by atoms with E-state index in [1.165, 1.54) is 36.4 Å². The molecule has 2 aliphatic heterocycles. The Morgan fingerprint density at radius 1 is 0.727 bits per heavy atom. The van der Waals surface area contributed by atoms with Crippen molar-refractivity contribution in [3.8, 4) is 23.0 Å². The molecule has 0 aliphatic carbocycles. The van der Waals surface area contributed by atoms with Gasteiger partial charge in [-0.05, 0) is 60.5 Å². The number of carboxylic acid groups (broad SMARTS) is 2. The Bertz CT molecular complexity index is 2280. The van der Waals surface area contributed by atoms with Crippen molar-refractivity contribution in [3.63, 3.8) is 0 Å². The number of ether oxygens (including phenoxy) is 4. The summed E-state index contributed by atoms with van der Waals surface area (Å²) in [6, 6.07) is 15.2. The molecule has 0 radical (unpaired) electrons. The summed E-state index contributed by atoms with van der Waals surface area (Å²) in [5.41, 5.74) is 7.09. The lowest BCUT2D eigenvalue weighted by Crippen LogP contribution is -2.19. The summed E-state index contributed by atoms with van der Waals surface area (Å²) in [5, 5.41) is 20.0. The minimum Gasteiger partial charge on any atom is -0.486 e. The Morgan fingerprint density at radius 2 is 1.16 bits per heavy atom. The number of amides is 1. The molecule has 0 saturated heterocycles. The van der Waals surface area contributed by atoms with Crippen LogP contribution in [0.2, 0.25) is 0 Å². The van der Waals surface area contributed by atoms with Crippen LogP contribution in [0.3, 0.4) is 0 Å². The number of fused-ring (bicyclic) bond motifs is 2. The molecule has 0 spiro atoms. The van der Waals surface area contributed by atoms with Crippen LogP contribution in [0, 0.1) is 6.92 Å². The van der Waals surface area contributed by atoms with Crippen LogP contribution in [0.5, 0.6) is 23.0 Å². The number of hydrogen-bond acceptors (Lipinski definition) is 13. The molecule has 4 aromatic rings. The number of carbonyl (C=O) groups is 4. The maximum absolute atomic E-state index is 12.5. The van der Waals surface area contributed by atoms with E-state index in [1.54, 1.807) is 18.2 Å². The molecule has 21 heteroatoms. The summed E-state index contributed by atoms with van der Waals surface area (Å²) in [5.74, 6) is -0.916. The van der Waals surface area contributed by atoms with Crippen molar-refractivity contribution in [3.05, 3.63) is 97.4 Å². The molecule has 5 N–H and O–H groups in total. The number of carboxylic acids is 2. The highest BCUT2D eigenvalue weighted by Crippen LogP contribution is 2.36. The summed E-state index contributed by atoms with van der Waals surface area (Å²) in [6.45, 7) is 3.42. The number of carbonyl (C=O) groups excluding carboxylic acids is 2. The van der Waals surface area contributed by atoms with Gasteiger partial charge in [-0.15, -0.1) is 0 Å². The Kier molecular flexibility index (Phi) is 16.2. The second-order valence-corrected chi connectivity index (χ2v) is 15.2. The second-order valence-electron chi connectivity index (χ2n) is 10.9. The molecule has 1 amide bonds. The van der Waals surface area contributed by atoms with Crippen molar-refractivity contribution in [1.29, 1.82) is 0 Å². The van der Waals surface area contributed by atoms with Gasteiger partial charge in [0.15, 0.2) is 32.8 Å². The maximum atomic E-state index is 12.5. The number of hydrogen-bond donors (Lipinski definition) is 4. The number of nitrogens with one attached hydrogen (secondary N) is 1. The molecule has 6 rings (SSSR count). The summed E-state index contributed by atoms with van der Waals surface area (Å²) >= 11 is 11.0. The van der Waals surface area contributed by atoms with Crippen LogP contribution in [-0.2, 0) is 21.4 Å². The zero-order valence-electron chi connectivity index (χ0n) is 28.4. The van der Waals surface area contributed by atoms with Gasteiger partial charge in [-0.2, -0.15) is 8.42 Å². The molecule has 4 aromatic carbocycles. The first-order valence-corrected chi connectivity index (χ1v) is 19.7. The number of rotatable bonds is 6. The molecule has 55 heavy (non-hydrogen) atoms. The molecule has 292 valence electrons. The standard InChI is InChI=1S/C17H14BrNO5.C9H9NO4.C8H6BrClO3S.O2S/c1-9-6-10(18)2-3-11(9)16(20)19-13-8-15-14(23-4-5-24-15)7-12(13)17(21)22;10-6-4-8-7(13-1-2-14-8)3-5(6)9(11)12;1-14(12,13)7-4-5(9)2-3-6(7)8(10)11;1-3-2/h2-3,6-8H,4-5H2,1H3,(H,19,20)(H,21,22);3-4H,1-2,10H2,(H,11,12);2-4H,1H3;. The molecule has 2 aliphatic rings. The maximum Gasteiger partial charge on any atom is 0.337 e. The Labute approximate surface area is 338 Å². The first-order chi connectivity index (χ1) is 25.9. The number of nitrogen functional groups attached to an aromatic ring is 1. The topological polar surface area (TPSA) is 252 Å². The normalized spacial score (nSPS) is 12.1. The number of benzene rings is 4. The van der Waals surface area contributed by atoms with E-state index < -0.39 is 38.6 Å². The fourth-order valence-corrected chi connectivity index (χ4v) is 6.81. The number of sulfone groups is 1. The first kappa shape index (κ1) is 44.4. The monoisotopic (exact) mass is 946 g/mol. The zero-order chi connectivity index (χ0) is 41.0. The third kappa shape index (κ3) is 12.5. The lowest BCUT2D eigenvalue weighted by Gasteiger charge is -2.20. The predicted molar refractivity (Wildman–Crippen MR) is 206 cm³/mol. The molecular formula is C34H29Br2ClN2O14S2. The highest BCUT2D eigenvalue weighted by Gasteiger charge is 2.22. The van der Waals surface area contributed by atoms with Crippen LogP contribution in [0.15, 0.2) is 74.5 Å². The average Bonchev–Trinajstić information content (AvgIpc) is 3.11. The number of nitrogens with two attached hydrogens (primary N) is 1. The van der Waals surface area contributed by atoms with E-state index in [0.717, 1.165) is 16.3 Å². The van der Waals surface area contributed by atoms with E-state index in [9.17, 15) is 32.7 Å². The molecule has 0 bridgehead atoms. The Balaban J connectivity index is 0.000000226. The van der Waals surface area contributed by atoms with Crippen LogP contribution >= 0.6 is 43.5 Å². The van der Waals surface area contributed by atoms with E-state index >= 15 is 0 Å². The van der Waals surface area contributed by atoms with Gasteiger partial charge in [0.25, 0.3) is 11.1 Å². The second kappa shape index (κ2) is 20.1. The Morgan fingerprint density at radius 3 is 1.62 bits per heavy atom. The minimum atomic E-state index is -3.44. The number of anilines is 2. The molecular weight excluding hydrogens is 920 g/mol.